The highest BCUT2D eigenvalue weighted by Crippen LogP contribution is 2.28. The average Bonchev–Trinajstić information content (AvgIpc) is 2.69. The van der Waals surface area contributed by atoms with Gasteiger partial charge < -0.3 is 0 Å². The third kappa shape index (κ3) is 3.36. The minimum Gasteiger partial charge on any atom is -0.298 e. The lowest BCUT2D eigenvalue weighted by atomic mass is 10.2. The first-order chi connectivity index (χ1) is 13.0. The predicted molar refractivity (Wildman–Crippen MR) is 108 cm³/mol. The Balaban J connectivity index is 1.78. The molecule has 27 heavy (non-hydrogen) atoms. The van der Waals surface area contributed by atoms with Gasteiger partial charge in [0.2, 0.25) is 5.95 Å². The molecule has 5 nitrogen and oxygen atoms in total. The Hall–Kier alpha value is -2.63. The van der Waals surface area contributed by atoms with Gasteiger partial charge in [-0.05, 0) is 37.6 Å². The first-order valence-corrected chi connectivity index (χ1v) is 9.29. The van der Waals surface area contributed by atoms with E-state index in [0.717, 1.165) is 22.0 Å². The van der Waals surface area contributed by atoms with Crippen LogP contribution in [0.2, 0.25) is 5.02 Å². The highest BCUT2D eigenvalue weighted by molar-refractivity contribution is 6.31. The quantitative estimate of drug-likeness (QED) is 0.686. The number of hydrogen-bond donors (Lipinski definition) is 0. The molecule has 3 aromatic rings. The van der Waals surface area contributed by atoms with Gasteiger partial charge in [0.1, 0.15) is 0 Å². The summed E-state index contributed by atoms with van der Waals surface area (Å²) >= 11 is 6.35. The molecule has 0 saturated heterocycles. The molecule has 4 rings (SSSR count). The second-order valence-electron chi connectivity index (χ2n) is 6.82. The lowest BCUT2D eigenvalue weighted by Gasteiger charge is -2.38. The van der Waals surface area contributed by atoms with Gasteiger partial charge in [-0.1, -0.05) is 48.0 Å². The molecule has 0 fully saturated rings. The van der Waals surface area contributed by atoms with Crippen molar-refractivity contribution in [1.82, 2.24) is 14.5 Å². The Morgan fingerprint density at radius 2 is 1.70 bits per heavy atom. The topological polar surface area (TPSA) is 41.4 Å². The van der Waals surface area contributed by atoms with Gasteiger partial charge >= 0.3 is 0 Å². The molecule has 0 aliphatic carbocycles. The van der Waals surface area contributed by atoms with Gasteiger partial charge in [0.05, 0.1) is 13.3 Å². The Morgan fingerprint density at radius 3 is 2.44 bits per heavy atom. The van der Waals surface area contributed by atoms with E-state index in [1.54, 1.807) is 4.57 Å². The lowest BCUT2D eigenvalue weighted by molar-refractivity contribution is 0.190. The number of rotatable bonds is 3. The molecule has 0 atom stereocenters. The molecule has 6 heteroatoms. The number of nitrogens with zero attached hydrogens (tertiary/aromatic N) is 4. The molecule has 0 spiro atoms. The van der Waals surface area contributed by atoms with Crippen LogP contribution in [0.5, 0.6) is 0 Å². The molecule has 0 radical (unpaired) electrons. The maximum atomic E-state index is 12.9. The first-order valence-electron chi connectivity index (χ1n) is 8.91. The van der Waals surface area contributed by atoms with Gasteiger partial charge in [-0.25, -0.2) is 4.98 Å². The Morgan fingerprint density at radius 1 is 1.00 bits per heavy atom. The number of hydrogen-bond acceptors (Lipinski definition) is 4. The van der Waals surface area contributed by atoms with Crippen molar-refractivity contribution in [3.8, 4) is 0 Å². The number of fused-ring (bicyclic) bond motifs is 1. The summed E-state index contributed by atoms with van der Waals surface area (Å²) in [4.78, 5) is 21.9. The molecule has 0 unspecified atom stereocenters. The fraction of sp³-hybridized carbons (Fsp3) is 0.238. The molecule has 1 aromatic heterocycles. The van der Waals surface area contributed by atoms with E-state index in [1.165, 1.54) is 0 Å². The summed E-state index contributed by atoms with van der Waals surface area (Å²) in [6, 6.07) is 17.9. The summed E-state index contributed by atoms with van der Waals surface area (Å²) in [6.45, 7) is 5.48. The number of aryl methyl sites for hydroxylation is 1. The smallest absolute Gasteiger partial charge is 0.259 e. The zero-order chi connectivity index (χ0) is 19.0. The van der Waals surface area contributed by atoms with Crippen LogP contribution in [0.4, 0.5) is 11.6 Å². The van der Waals surface area contributed by atoms with Crippen molar-refractivity contribution < 1.29 is 0 Å². The van der Waals surface area contributed by atoms with E-state index in [0.29, 0.717) is 31.4 Å². The third-order valence-corrected chi connectivity index (χ3v) is 5.33. The van der Waals surface area contributed by atoms with Crippen molar-refractivity contribution in [3.05, 3.63) is 86.8 Å². The molecule has 1 aliphatic rings. The molecule has 0 amide bonds. The number of aromatic nitrogens is 2. The largest absolute Gasteiger partial charge is 0.298 e. The van der Waals surface area contributed by atoms with E-state index < -0.39 is 0 Å². The number of halogens is 1. The lowest BCUT2D eigenvalue weighted by Crippen LogP contribution is -2.47. The van der Waals surface area contributed by atoms with Crippen molar-refractivity contribution in [2.45, 2.75) is 27.1 Å². The van der Waals surface area contributed by atoms with Crippen LogP contribution in [0.15, 0.2) is 59.4 Å². The average molecular weight is 381 g/mol. The van der Waals surface area contributed by atoms with E-state index in [2.05, 4.69) is 9.80 Å². The second-order valence-corrected chi connectivity index (χ2v) is 7.23. The van der Waals surface area contributed by atoms with Gasteiger partial charge in [0.25, 0.3) is 5.56 Å². The minimum atomic E-state index is 0.00212. The summed E-state index contributed by atoms with van der Waals surface area (Å²) in [5.41, 5.74) is 3.51. The van der Waals surface area contributed by atoms with Crippen LogP contribution < -0.4 is 10.5 Å². The molecule has 138 valence electrons. The molecule has 2 aromatic carbocycles. The van der Waals surface area contributed by atoms with E-state index in [9.17, 15) is 4.79 Å². The fourth-order valence-electron chi connectivity index (χ4n) is 3.36. The SMILES string of the molecule is Cc1nc2n(c(=O)c1C)CN(Cc1ccccc1Cl)CN2c1ccccc1. The summed E-state index contributed by atoms with van der Waals surface area (Å²) in [7, 11) is 0. The van der Waals surface area contributed by atoms with Gasteiger partial charge in [-0.15, -0.1) is 0 Å². The third-order valence-electron chi connectivity index (χ3n) is 4.96. The van der Waals surface area contributed by atoms with Crippen molar-refractivity contribution >= 4 is 23.2 Å². The minimum absolute atomic E-state index is 0.00212. The Labute approximate surface area is 163 Å². The molecular formula is C21H21ClN4O. The van der Waals surface area contributed by atoms with Gasteiger partial charge in [0.15, 0.2) is 0 Å². The van der Waals surface area contributed by atoms with Crippen molar-refractivity contribution in [3.63, 3.8) is 0 Å². The fourth-order valence-corrected chi connectivity index (χ4v) is 3.55. The van der Waals surface area contributed by atoms with E-state index in [-0.39, 0.29) is 5.56 Å². The van der Waals surface area contributed by atoms with Crippen LogP contribution in [-0.4, -0.2) is 21.1 Å². The Kier molecular flexibility index (Phi) is 4.72. The molecule has 1 aliphatic heterocycles. The van der Waals surface area contributed by atoms with Gasteiger partial charge in [-0.2, -0.15) is 0 Å². The van der Waals surface area contributed by atoms with E-state index in [4.69, 9.17) is 16.6 Å². The van der Waals surface area contributed by atoms with Gasteiger partial charge in [0, 0.05) is 28.5 Å². The van der Waals surface area contributed by atoms with Crippen molar-refractivity contribution in [1.29, 1.82) is 0 Å². The van der Waals surface area contributed by atoms with Crippen LogP contribution in [0, 0.1) is 13.8 Å². The highest BCUT2D eigenvalue weighted by atomic mass is 35.5. The summed E-state index contributed by atoms with van der Waals surface area (Å²) in [6.07, 6.45) is 0. The number of anilines is 2. The normalized spacial score (nSPS) is 14.3. The summed E-state index contributed by atoms with van der Waals surface area (Å²) in [5, 5.41) is 0.736. The van der Waals surface area contributed by atoms with Crippen molar-refractivity contribution in [2.75, 3.05) is 11.6 Å². The zero-order valence-electron chi connectivity index (χ0n) is 15.4. The molecule has 2 heterocycles. The number of para-hydroxylation sites is 1. The number of benzene rings is 2. The maximum Gasteiger partial charge on any atom is 0.259 e. The molecule has 0 bridgehead atoms. The monoisotopic (exact) mass is 380 g/mol. The van der Waals surface area contributed by atoms with Crippen LogP contribution in [0.25, 0.3) is 0 Å². The molecule has 0 saturated carbocycles. The van der Waals surface area contributed by atoms with Crippen LogP contribution in [0.3, 0.4) is 0 Å². The van der Waals surface area contributed by atoms with E-state index >= 15 is 0 Å². The van der Waals surface area contributed by atoms with Crippen molar-refractivity contribution in [2.24, 2.45) is 0 Å². The first kappa shape index (κ1) is 17.8. The maximum absolute atomic E-state index is 12.9. The zero-order valence-corrected chi connectivity index (χ0v) is 16.1. The summed E-state index contributed by atoms with van der Waals surface area (Å²) < 4.78 is 1.75. The second kappa shape index (κ2) is 7.18. The van der Waals surface area contributed by atoms with Crippen LogP contribution in [0.1, 0.15) is 16.8 Å². The standard InChI is InChI=1S/C21H21ClN4O/c1-15-16(2)23-21-25(18-9-4-3-5-10-18)13-24(14-26(21)20(15)27)12-17-8-6-7-11-19(17)22/h3-11H,12-14H2,1-2H3. The van der Waals surface area contributed by atoms with Crippen LogP contribution in [-0.2, 0) is 13.2 Å². The molecule has 0 N–H and O–H groups in total. The summed E-state index contributed by atoms with van der Waals surface area (Å²) in [5.74, 6) is 0.685. The predicted octanol–water partition coefficient (Wildman–Crippen LogP) is 4.08. The van der Waals surface area contributed by atoms with Crippen LogP contribution >= 0.6 is 11.6 Å². The van der Waals surface area contributed by atoms with Gasteiger partial charge in [-0.3, -0.25) is 19.2 Å². The van der Waals surface area contributed by atoms with E-state index in [1.807, 2.05) is 68.4 Å². The molecular weight excluding hydrogens is 360 g/mol. The highest BCUT2D eigenvalue weighted by Gasteiger charge is 2.27. The Bertz CT molecular complexity index is 1030.